The monoisotopic (exact) mass is 264 g/mol. The molecule has 0 spiro atoms. The van der Waals surface area contributed by atoms with Crippen LogP contribution >= 0.6 is 0 Å². The first-order valence-electron chi connectivity index (χ1n) is 5.44. The Hall–Kier alpha value is -1.38. The molecule has 0 fully saturated rings. The molecule has 0 aromatic carbocycles. The van der Waals surface area contributed by atoms with E-state index in [1.807, 2.05) is 0 Å². The third-order valence-electron chi connectivity index (χ3n) is 2.20. The molecule has 8 heteroatoms. The molecule has 0 rings (SSSR count). The van der Waals surface area contributed by atoms with Crippen LogP contribution in [0.15, 0.2) is 0 Å². The van der Waals surface area contributed by atoms with Crippen LogP contribution < -0.4 is 5.32 Å². The molecule has 0 saturated heterocycles. The van der Waals surface area contributed by atoms with Gasteiger partial charge in [0.15, 0.2) is 0 Å². The van der Waals surface area contributed by atoms with Crippen LogP contribution in [0.25, 0.3) is 0 Å². The predicted octanol–water partition coefficient (Wildman–Crippen LogP) is -1.53. The first kappa shape index (κ1) is 16.6. The summed E-state index contributed by atoms with van der Waals surface area (Å²) in [5.41, 5.74) is 0. The summed E-state index contributed by atoms with van der Waals surface area (Å²) in [6, 6.07) is -1.78. The number of carbonyl (C=O) groups excluding carboxylic acids is 1. The first-order chi connectivity index (χ1) is 8.42. The van der Waals surface area contributed by atoms with E-state index in [2.05, 4.69) is 5.32 Å². The lowest BCUT2D eigenvalue weighted by Gasteiger charge is -2.23. The van der Waals surface area contributed by atoms with E-state index in [0.29, 0.717) is 0 Å². The Bertz CT molecular complexity index is 273. The van der Waals surface area contributed by atoms with E-state index >= 15 is 0 Å². The number of ether oxygens (including phenoxy) is 1. The van der Waals surface area contributed by atoms with E-state index in [9.17, 15) is 14.7 Å². The maximum Gasteiger partial charge on any atom is 0.326 e. The molecule has 18 heavy (non-hydrogen) atoms. The highest BCUT2D eigenvalue weighted by molar-refractivity contribution is 5.82. The second-order valence-electron chi connectivity index (χ2n) is 3.84. The van der Waals surface area contributed by atoms with Crippen molar-refractivity contribution in [1.82, 2.24) is 10.2 Å². The number of aliphatic hydroxyl groups excluding tert-OH is 2. The summed E-state index contributed by atoms with van der Waals surface area (Å²) in [5, 5.41) is 29.1. The zero-order valence-corrected chi connectivity index (χ0v) is 10.5. The van der Waals surface area contributed by atoms with Gasteiger partial charge in [-0.25, -0.2) is 9.59 Å². The van der Waals surface area contributed by atoms with Crippen molar-refractivity contribution < 1.29 is 29.6 Å². The molecule has 0 bridgehead atoms. The van der Waals surface area contributed by atoms with Gasteiger partial charge in [-0.15, -0.1) is 0 Å². The fourth-order valence-electron chi connectivity index (χ4n) is 1.29. The van der Waals surface area contributed by atoms with Crippen molar-refractivity contribution >= 4 is 12.0 Å². The molecular formula is C10H20N2O6. The van der Waals surface area contributed by atoms with Gasteiger partial charge >= 0.3 is 12.0 Å². The van der Waals surface area contributed by atoms with E-state index in [1.54, 1.807) is 0 Å². The number of urea groups is 1. The number of carboxylic acid groups (broad SMARTS) is 1. The van der Waals surface area contributed by atoms with Gasteiger partial charge in [0.2, 0.25) is 0 Å². The first-order valence-corrected chi connectivity index (χ1v) is 5.44. The van der Waals surface area contributed by atoms with Gasteiger partial charge in [-0.1, -0.05) is 0 Å². The predicted molar refractivity (Wildman–Crippen MR) is 62.2 cm³/mol. The van der Waals surface area contributed by atoms with Crippen LogP contribution in [0, 0.1) is 0 Å². The van der Waals surface area contributed by atoms with Gasteiger partial charge in [0.1, 0.15) is 6.04 Å². The number of rotatable bonds is 8. The molecule has 106 valence electrons. The minimum absolute atomic E-state index is 0.0190. The molecule has 0 aromatic heterocycles. The number of methoxy groups -OCH3 is 1. The average Bonchev–Trinajstić information content (AvgIpc) is 2.28. The third-order valence-corrected chi connectivity index (χ3v) is 2.20. The normalized spacial score (nSPS) is 13.8. The molecule has 8 nitrogen and oxygen atoms in total. The Morgan fingerprint density at radius 3 is 2.50 bits per heavy atom. The molecule has 2 atom stereocenters. The summed E-state index contributed by atoms with van der Waals surface area (Å²) in [7, 11) is 2.84. The van der Waals surface area contributed by atoms with Crippen molar-refractivity contribution in [3.8, 4) is 0 Å². The molecule has 0 radical (unpaired) electrons. The molecule has 0 aromatic rings. The van der Waals surface area contributed by atoms with Gasteiger partial charge in [0, 0.05) is 27.2 Å². The van der Waals surface area contributed by atoms with Crippen LogP contribution in [0.5, 0.6) is 0 Å². The van der Waals surface area contributed by atoms with Crippen LogP contribution in [0.3, 0.4) is 0 Å². The lowest BCUT2D eigenvalue weighted by Crippen LogP contribution is -2.49. The molecule has 1 unspecified atom stereocenters. The SMILES string of the molecule is COCC(O)CN(C)C(=O)N[C@H](CCO)C(=O)O. The highest BCUT2D eigenvalue weighted by atomic mass is 16.5. The van der Waals surface area contributed by atoms with Crippen molar-refractivity contribution in [3.05, 3.63) is 0 Å². The molecule has 0 aliphatic heterocycles. The molecule has 0 heterocycles. The number of hydrogen-bond acceptors (Lipinski definition) is 5. The summed E-state index contributed by atoms with van der Waals surface area (Å²) in [4.78, 5) is 23.5. The Labute approximate surface area is 105 Å². The Balaban J connectivity index is 4.23. The summed E-state index contributed by atoms with van der Waals surface area (Å²) in [6.07, 6.45) is -0.915. The lowest BCUT2D eigenvalue weighted by molar-refractivity contribution is -0.139. The number of nitrogens with one attached hydrogen (secondary N) is 1. The molecule has 0 saturated carbocycles. The number of aliphatic carboxylic acids is 1. The van der Waals surface area contributed by atoms with Crippen molar-refractivity contribution in [1.29, 1.82) is 0 Å². The van der Waals surface area contributed by atoms with E-state index in [-0.39, 0.29) is 26.2 Å². The maximum absolute atomic E-state index is 11.6. The van der Waals surface area contributed by atoms with E-state index < -0.39 is 24.1 Å². The van der Waals surface area contributed by atoms with E-state index in [0.717, 1.165) is 4.90 Å². The molecule has 0 aliphatic carbocycles. The molecular weight excluding hydrogens is 244 g/mol. The maximum atomic E-state index is 11.6. The van der Waals surface area contributed by atoms with Crippen molar-refractivity contribution in [2.24, 2.45) is 0 Å². The summed E-state index contributed by atoms with van der Waals surface area (Å²) < 4.78 is 4.71. The number of carbonyl (C=O) groups is 2. The lowest BCUT2D eigenvalue weighted by atomic mass is 10.2. The van der Waals surface area contributed by atoms with Gasteiger partial charge in [0.05, 0.1) is 19.3 Å². The average molecular weight is 264 g/mol. The van der Waals surface area contributed by atoms with Crippen LogP contribution in [0.2, 0.25) is 0 Å². The van der Waals surface area contributed by atoms with E-state index in [1.165, 1.54) is 14.2 Å². The minimum Gasteiger partial charge on any atom is -0.480 e. The van der Waals surface area contributed by atoms with Crippen LogP contribution in [0.4, 0.5) is 4.79 Å². The van der Waals surface area contributed by atoms with Gasteiger partial charge in [-0.05, 0) is 0 Å². The highest BCUT2D eigenvalue weighted by Gasteiger charge is 2.22. The smallest absolute Gasteiger partial charge is 0.326 e. The van der Waals surface area contributed by atoms with E-state index in [4.69, 9.17) is 14.9 Å². The number of likely N-dealkylation sites (N-methyl/N-ethyl adjacent to an activating group) is 1. The van der Waals surface area contributed by atoms with Gasteiger partial charge in [-0.2, -0.15) is 0 Å². The number of carboxylic acids is 1. The second-order valence-corrected chi connectivity index (χ2v) is 3.84. The standard InChI is InChI=1S/C10H20N2O6/c1-12(5-7(14)6-18-2)10(17)11-8(3-4-13)9(15)16/h7-8,13-14H,3-6H2,1-2H3,(H,11,17)(H,15,16)/t7?,8-/m1/s1. The highest BCUT2D eigenvalue weighted by Crippen LogP contribution is 1.96. The zero-order chi connectivity index (χ0) is 14.1. The Morgan fingerprint density at radius 1 is 1.44 bits per heavy atom. The summed E-state index contributed by atoms with van der Waals surface area (Å²) >= 11 is 0. The Morgan fingerprint density at radius 2 is 2.06 bits per heavy atom. The fraction of sp³-hybridized carbons (Fsp3) is 0.800. The van der Waals surface area contributed by atoms with Crippen molar-refractivity contribution in [2.45, 2.75) is 18.6 Å². The number of aliphatic hydroxyl groups is 2. The quantitative estimate of drug-likeness (QED) is 0.422. The van der Waals surface area contributed by atoms with Crippen molar-refractivity contribution in [2.75, 3.05) is 33.9 Å². The number of hydrogen-bond donors (Lipinski definition) is 4. The van der Waals surface area contributed by atoms with Crippen LogP contribution in [-0.2, 0) is 9.53 Å². The number of nitrogens with zero attached hydrogens (tertiary/aromatic N) is 1. The molecule has 2 amide bonds. The summed E-state index contributed by atoms with van der Waals surface area (Å²) in [6.45, 7) is -0.241. The van der Waals surface area contributed by atoms with Crippen molar-refractivity contribution in [3.63, 3.8) is 0 Å². The van der Waals surface area contributed by atoms with Crippen LogP contribution in [-0.4, -0.2) is 78.3 Å². The third kappa shape index (κ3) is 6.38. The largest absolute Gasteiger partial charge is 0.480 e. The minimum atomic E-state index is -1.22. The number of amides is 2. The van der Waals surface area contributed by atoms with Gasteiger partial charge in [0.25, 0.3) is 0 Å². The van der Waals surface area contributed by atoms with Gasteiger partial charge in [-0.3, -0.25) is 0 Å². The zero-order valence-electron chi connectivity index (χ0n) is 10.5. The Kier molecular flexibility index (Phi) is 8.01. The topological polar surface area (TPSA) is 119 Å². The fourth-order valence-corrected chi connectivity index (χ4v) is 1.29. The van der Waals surface area contributed by atoms with Gasteiger partial charge < -0.3 is 30.3 Å². The van der Waals surface area contributed by atoms with Crippen LogP contribution in [0.1, 0.15) is 6.42 Å². The molecule has 0 aliphatic rings. The molecule has 4 N–H and O–H groups in total. The summed E-state index contributed by atoms with van der Waals surface area (Å²) in [5.74, 6) is -1.22. The second kappa shape index (κ2) is 8.67.